The lowest BCUT2D eigenvalue weighted by Gasteiger charge is -2.26. The molecule has 2 amide bonds. The number of fused-ring (bicyclic) bond motifs is 1. The fraction of sp³-hybridized carbons (Fsp3) is 0.303. The van der Waals surface area contributed by atoms with Crippen molar-refractivity contribution in [2.45, 2.75) is 25.7 Å². The van der Waals surface area contributed by atoms with Gasteiger partial charge in [0.15, 0.2) is 18.1 Å². The summed E-state index contributed by atoms with van der Waals surface area (Å²) in [5.74, 6) is 1.75. The molecule has 1 aromatic heterocycles. The van der Waals surface area contributed by atoms with Crippen LogP contribution in [0.5, 0.6) is 23.0 Å². The van der Waals surface area contributed by atoms with Gasteiger partial charge in [-0.05, 0) is 74.5 Å². The van der Waals surface area contributed by atoms with Crippen LogP contribution in [0.25, 0.3) is 10.9 Å². The number of nitrogen functional groups attached to an aromatic ring is 1. The first-order valence-electron chi connectivity index (χ1n) is 14.7. The third kappa shape index (κ3) is 7.67. The number of aromatic nitrogens is 1. The highest BCUT2D eigenvalue weighted by molar-refractivity contribution is 6.03. The average molecular weight is 599 g/mol. The third-order valence-corrected chi connectivity index (χ3v) is 7.43. The molecule has 1 aliphatic heterocycles. The number of ether oxygens (including phenoxy) is 3. The Labute approximate surface area is 256 Å². The summed E-state index contributed by atoms with van der Waals surface area (Å²) in [6.07, 6.45) is 5.64. The smallest absolute Gasteiger partial charge is 0.257 e. The summed E-state index contributed by atoms with van der Waals surface area (Å²) in [5, 5.41) is 9.66. The standard InChI is InChI=1S/C33H38N6O5/c1-35-32(41)21-43-28-8-4-5-9-29(28)44-23-12-10-22(11-13-23)37-33-24-18-30(42-2)27(19-26(24)36-20-25(33)34)38-31(40)14-17-39-15-6-3-7-16-39/h4-5,8-13,18-20H,3,6-7,14-17,21,34H2,1-2H3,(H,35,41)(H,36,37)(H,38,40). The van der Waals surface area contributed by atoms with Gasteiger partial charge in [0.2, 0.25) is 5.91 Å². The number of methoxy groups -OCH3 is 1. The SMILES string of the molecule is CNC(=O)COc1ccccc1Oc1ccc(Nc2c(N)cnc3cc(NC(=O)CCN4CCCCC4)c(OC)cc23)cc1. The molecular weight excluding hydrogens is 560 g/mol. The number of likely N-dealkylation sites (tertiary alicyclic amines) is 1. The third-order valence-electron chi connectivity index (χ3n) is 7.43. The van der Waals surface area contributed by atoms with Crippen LogP contribution in [0, 0.1) is 0 Å². The fourth-order valence-corrected chi connectivity index (χ4v) is 5.04. The molecule has 5 rings (SSSR count). The molecule has 0 unspecified atom stereocenters. The van der Waals surface area contributed by atoms with Crippen LogP contribution in [0.3, 0.4) is 0 Å². The first kappa shape index (κ1) is 30.4. The summed E-state index contributed by atoms with van der Waals surface area (Å²) in [5.41, 5.74) is 9.47. The topological polar surface area (TPSA) is 140 Å². The lowest BCUT2D eigenvalue weighted by molar-refractivity contribution is -0.122. The number of hydrogen-bond donors (Lipinski definition) is 4. The number of rotatable bonds is 12. The molecule has 11 nitrogen and oxygen atoms in total. The normalized spacial score (nSPS) is 13.2. The van der Waals surface area contributed by atoms with Crippen LogP contribution in [0.15, 0.2) is 66.9 Å². The van der Waals surface area contributed by atoms with E-state index in [-0.39, 0.29) is 18.4 Å². The van der Waals surface area contributed by atoms with Crippen molar-refractivity contribution < 1.29 is 23.8 Å². The number of carbonyl (C=O) groups is 2. The Morgan fingerprint density at radius 3 is 2.43 bits per heavy atom. The molecule has 0 bridgehead atoms. The van der Waals surface area contributed by atoms with Crippen LogP contribution >= 0.6 is 0 Å². The fourth-order valence-electron chi connectivity index (χ4n) is 5.04. The van der Waals surface area contributed by atoms with Crippen LogP contribution in [-0.2, 0) is 9.59 Å². The highest BCUT2D eigenvalue weighted by Crippen LogP contribution is 2.38. The number of nitrogens with one attached hydrogen (secondary N) is 3. The molecular formula is C33H38N6O5. The number of anilines is 4. The molecule has 44 heavy (non-hydrogen) atoms. The van der Waals surface area contributed by atoms with Crippen LogP contribution in [0.2, 0.25) is 0 Å². The molecule has 3 aromatic carbocycles. The Balaban J connectivity index is 1.29. The number of nitrogens with zero attached hydrogens (tertiary/aromatic N) is 2. The zero-order valence-electron chi connectivity index (χ0n) is 25.0. The second-order valence-corrected chi connectivity index (χ2v) is 10.5. The summed E-state index contributed by atoms with van der Waals surface area (Å²) >= 11 is 0. The van der Waals surface area contributed by atoms with Gasteiger partial charge in [-0.25, -0.2) is 0 Å². The molecule has 0 aliphatic carbocycles. The van der Waals surface area contributed by atoms with Gasteiger partial charge < -0.3 is 40.8 Å². The van der Waals surface area contributed by atoms with Gasteiger partial charge in [-0.15, -0.1) is 0 Å². The van der Waals surface area contributed by atoms with E-state index in [0.717, 1.165) is 30.7 Å². The highest BCUT2D eigenvalue weighted by Gasteiger charge is 2.16. The Hall–Kier alpha value is -5.03. The van der Waals surface area contributed by atoms with Crippen molar-refractivity contribution in [3.8, 4) is 23.0 Å². The summed E-state index contributed by atoms with van der Waals surface area (Å²) < 4.78 is 17.3. The number of amides is 2. The predicted molar refractivity (Wildman–Crippen MR) is 172 cm³/mol. The number of hydrogen-bond acceptors (Lipinski definition) is 9. The zero-order valence-corrected chi connectivity index (χ0v) is 25.0. The van der Waals surface area contributed by atoms with E-state index < -0.39 is 0 Å². The van der Waals surface area contributed by atoms with Crippen molar-refractivity contribution in [2.24, 2.45) is 0 Å². The van der Waals surface area contributed by atoms with Crippen molar-refractivity contribution in [2.75, 3.05) is 56.8 Å². The summed E-state index contributed by atoms with van der Waals surface area (Å²) in [6.45, 7) is 2.73. The van der Waals surface area contributed by atoms with E-state index in [9.17, 15) is 9.59 Å². The predicted octanol–water partition coefficient (Wildman–Crippen LogP) is 5.30. The van der Waals surface area contributed by atoms with Crippen molar-refractivity contribution in [1.29, 1.82) is 0 Å². The first-order chi connectivity index (χ1) is 21.4. The molecule has 4 aromatic rings. The zero-order chi connectivity index (χ0) is 30.9. The molecule has 1 aliphatic rings. The minimum atomic E-state index is -0.236. The average Bonchev–Trinajstić information content (AvgIpc) is 3.05. The molecule has 2 heterocycles. The largest absolute Gasteiger partial charge is 0.495 e. The highest BCUT2D eigenvalue weighted by atomic mass is 16.5. The number of para-hydroxylation sites is 2. The molecule has 1 fully saturated rings. The van der Waals surface area contributed by atoms with Gasteiger partial charge in [0.05, 0.1) is 35.9 Å². The van der Waals surface area contributed by atoms with Crippen molar-refractivity contribution in [3.05, 3.63) is 66.9 Å². The lowest BCUT2D eigenvalue weighted by atomic mass is 10.1. The second-order valence-electron chi connectivity index (χ2n) is 10.5. The van der Waals surface area contributed by atoms with E-state index in [1.807, 2.05) is 42.5 Å². The number of pyridine rings is 1. The summed E-state index contributed by atoms with van der Waals surface area (Å²) in [6, 6.07) is 18.1. The van der Waals surface area contributed by atoms with E-state index in [1.165, 1.54) is 19.3 Å². The monoisotopic (exact) mass is 598 g/mol. The number of piperidine rings is 1. The van der Waals surface area contributed by atoms with Gasteiger partial charge in [-0.2, -0.15) is 0 Å². The Morgan fingerprint density at radius 2 is 1.70 bits per heavy atom. The molecule has 1 saturated heterocycles. The van der Waals surface area contributed by atoms with Gasteiger partial charge in [0, 0.05) is 31.1 Å². The maximum atomic E-state index is 12.8. The molecule has 0 radical (unpaired) electrons. The van der Waals surface area contributed by atoms with Crippen molar-refractivity contribution in [1.82, 2.24) is 15.2 Å². The van der Waals surface area contributed by atoms with Crippen LogP contribution in [0.4, 0.5) is 22.7 Å². The molecule has 11 heteroatoms. The molecule has 0 saturated carbocycles. The van der Waals surface area contributed by atoms with Crippen LogP contribution in [-0.4, -0.2) is 62.1 Å². The van der Waals surface area contributed by atoms with E-state index >= 15 is 0 Å². The number of carbonyl (C=O) groups excluding carboxylic acids is 2. The Bertz CT molecular complexity index is 1600. The second kappa shape index (κ2) is 14.4. The van der Waals surface area contributed by atoms with E-state index in [0.29, 0.717) is 52.0 Å². The molecule has 5 N–H and O–H groups in total. The van der Waals surface area contributed by atoms with Gasteiger partial charge in [-0.3, -0.25) is 14.6 Å². The van der Waals surface area contributed by atoms with Crippen molar-refractivity contribution in [3.63, 3.8) is 0 Å². The maximum absolute atomic E-state index is 12.8. The maximum Gasteiger partial charge on any atom is 0.257 e. The van der Waals surface area contributed by atoms with E-state index in [1.54, 1.807) is 38.6 Å². The molecule has 0 spiro atoms. The van der Waals surface area contributed by atoms with Crippen molar-refractivity contribution >= 4 is 45.5 Å². The number of nitrogens with two attached hydrogens (primary N) is 1. The van der Waals surface area contributed by atoms with Gasteiger partial charge >= 0.3 is 0 Å². The Morgan fingerprint density at radius 1 is 0.955 bits per heavy atom. The minimum absolute atomic E-state index is 0.0648. The van der Waals surface area contributed by atoms with Gasteiger partial charge in [0.25, 0.3) is 5.91 Å². The quantitative estimate of drug-likeness (QED) is 0.171. The summed E-state index contributed by atoms with van der Waals surface area (Å²) in [4.78, 5) is 31.2. The van der Waals surface area contributed by atoms with Gasteiger partial charge in [-0.1, -0.05) is 18.6 Å². The molecule has 0 atom stereocenters. The lowest BCUT2D eigenvalue weighted by Crippen LogP contribution is -2.32. The van der Waals surface area contributed by atoms with Crippen LogP contribution < -0.4 is 35.9 Å². The Kier molecular flexibility index (Phi) is 9.98. The van der Waals surface area contributed by atoms with E-state index in [4.69, 9.17) is 19.9 Å². The first-order valence-corrected chi connectivity index (χ1v) is 14.7. The minimum Gasteiger partial charge on any atom is -0.495 e. The van der Waals surface area contributed by atoms with E-state index in [2.05, 4.69) is 25.8 Å². The van der Waals surface area contributed by atoms with Gasteiger partial charge in [0.1, 0.15) is 11.5 Å². The van der Waals surface area contributed by atoms with Crippen LogP contribution in [0.1, 0.15) is 25.7 Å². The molecule has 230 valence electrons. The number of likely N-dealkylation sites (N-methyl/N-ethyl adjacent to an activating group) is 1. The summed E-state index contributed by atoms with van der Waals surface area (Å²) in [7, 11) is 3.12. The number of benzene rings is 3.